The van der Waals surface area contributed by atoms with Crippen molar-refractivity contribution in [1.82, 2.24) is 15.2 Å². The number of halogens is 3. The standard InChI is InChI=1S/C13H21F3N4/c1-20-7-6-9(19-20)8-12(18-17)10-4-2-3-5-11(10)13(14,15)16/h6-7,10-12,18H,2-5,8,17H2,1H3. The topological polar surface area (TPSA) is 55.9 Å². The van der Waals surface area contributed by atoms with Crippen LogP contribution >= 0.6 is 0 Å². The highest BCUT2D eigenvalue weighted by atomic mass is 19.4. The van der Waals surface area contributed by atoms with Crippen molar-refractivity contribution in [3.63, 3.8) is 0 Å². The molecular formula is C13H21F3N4. The lowest BCUT2D eigenvalue weighted by molar-refractivity contribution is -0.199. The molecule has 2 rings (SSSR count). The van der Waals surface area contributed by atoms with Gasteiger partial charge in [0.25, 0.3) is 0 Å². The zero-order valence-corrected chi connectivity index (χ0v) is 11.5. The Morgan fingerprint density at radius 1 is 1.45 bits per heavy atom. The minimum absolute atomic E-state index is 0.203. The maximum atomic E-state index is 13.1. The van der Waals surface area contributed by atoms with E-state index in [1.807, 2.05) is 6.07 Å². The summed E-state index contributed by atoms with van der Waals surface area (Å²) < 4.78 is 41.1. The van der Waals surface area contributed by atoms with Crippen LogP contribution in [0, 0.1) is 11.8 Å². The average Bonchev–Trinajstić information content (AvgIpc) is 2.80. The number of hydrazine groups is 1. The van der Waals surface area contributed by atoms with E-state index in [2.05, 4.69) is 10.5 Å². The van der Waals surface area contributed by atoms with Gasteiger partial charge in [0, 0.05) is 25.7 Å². The molecule has 1 aliphatic rings. The van der Waals surface area contributed by atoms with Gasteiger partial charge in [-0.15, -0.1) is 0 Å². The van der Waals surface area contributed by atoms with E-state index in [0.29, 0.717) is 19.3 Å². The molecule has 1 aromatic heterocycles. The van der Waals surface area contributed by atoms with Gasteiger partial charge in [-0.2, -0.15) is 18.3 Å². The number of rotatable bonds is 4. The molecule has 0 aliphatic heterocycles. The first-order valence-electron chi connectivity index (χ1n) is 6.93. The van der Waals surface area contributed by atoms with Gasteiger partial charge in [0.15, 0.2) is 0 Å². The van der Waals surface area contributed by atoms with Crippen LogP contribution in [0.2, 0.25) is 0 Å². The fourth-order valence-corrected chi connectivity index (χ4v) is 3.18. The summed E-state index contributed by atoms with van der Waals surface area (Å²) in [6.45, 7) is 0. The lowest BCUT2D eigenvalue weighted by atomic mass is 9.74. The van der Waals surface area contributed by atoms with Gasteiger partial charge in [0.1, 0.15) is 0 Å². The van der Waals surface area contributed by atoms with E-state index >= 15 is 0 Å². The van der Waals surface area contributed by atoms with Gasteiger partial charge in [-0.05, 0) is 24.8 Å². The molecule has 114 valence electrons. The molecule has 0 amide bonds. The number of hydrogen-bond donors (Lipinski definition) is 2. The molecule has 0 saturated heterocycles. The molecule has 4 nitrogen and oxygen atoms in total. The average molecular weight is 290 g/mol. The summed E-state index contributed by atoms with van der Waals surface area (Å²) in [5.41, 5.74) is 3.35. The van der Waals surface area contributed by atoms with Crippen LogP contribution < -0.4 is 11.3 Å². The predicted molar refractivity (Wildman–Crippen MR) is 69.5 cm³/mol. The smallest absolute Gasteiger partial charge is 0.276 e. The van der Waals surface area contributed by atoms with Gasteiger partial charge < -0.3 is 0 Å². The molecule has 20 heavy (non-hydrogen) atoms. The van der Waals surface area contributed by atoms with Crippen molar-refractivity contribution in [2.75, 3.05) is 0 Å². The SMILES string of the molecule is Cn1ccc(CC(NN)C2CCCCC2C(F)(F)F)n1. The van der Waals surface area contributed by atoms with Crippen molar-refractivity contribution < 1.29 is 13.2 Å². The third kappa shape index (κ3) is 3.52. The quantitative estimate of drug-likeness (QED) is 0.660. The Hall–Kier alpha value is -1.08. The Labute approximate surface area is 116 Å². The normalized spacial score (nSPS) is 25.6. The van der Waals surface area contributed by atoms with Crippen LogP contribution in [0.25, 0.3) is 0 Å². The number of nitrogens with one attached hydrogen (secondary N) is 1. The Kier molecular flexibility index (Phi) is 4.70. The van der Waals surface area contributed by atoms with E-state index in [1.165, 1.54) is 0 Å². The fourth-order valence-electron chi connectivity index (χ4n) is 3.18. The van der Waals surface area contributed by atoms with Gasteiger partial charge in [0.05, 0.1) is 11.6 Å². The predicted octanol–water partition coefficient (Wildman–Crippen LogP) is 2.16. The number of nitrogens with two attached hydrogens (primary N) is 1. The van der Waals surface area contributed by atoms with Crippen LogP contribution in [0.1, 0.15) is 31.4 Å². The van der Waals surface area contributed by atoms with E-state index in [0.717, 1.165) is 12.1 Å². The van der Waals surface area contributed by atoms with Gasteiger partial charge in [0.2, 0.25) is 0 Å². The van der Waals surface area contributed by atoms with E-state index < -0.39 is 24.1 Å². The second-order valence-corrected chi connectivity index (χ2v) is 5.55. The maximum Gasteiger partial charge on any atom is 0.392 e. The number of alkyl halides is 3. The van der Waals surface area contributed by atoms with E-state index in [-0.39, 0.29) is 6.42 Å². The highest BCUT2D eigenvalue weighted by molar-refractivity contribution is 5.03. The molecule has 1 aromatic rings. The molecule has 1 heterocycles. The zero-order chi connectivity index (χ0) is 14.8. The van der Waals surface area contributed by atoms with E-state index in [1.54, 1.807) is 17.9 Å². The lowest BCUT2D eigenvalue weighted by Gasteiger charge is -2.37. The number of nitrogens with zero attached hydrogens (tertiary/aromatic N) is 2. The summed E-state index contributed by atoms with van der Waals surface area (Å²) in [6.07, 6.45) is 0.295. The van der Waals surface area contributed by atoms with Crippen LogP contribution in [0.4, 0.5) is 13.2 Å². The Morgan fingerprint density at radius 2 is 2.15 bits per heavy atom. The molecule has 1 aliphatic carbocycles. The second kappa shape index (κ2) is 6.13. The van der Waals surface area contributed by atoms with Crippen molar-refractivity contribution in [2.45, 2.75) is 44.3 Å². The first kappa shape index (κ1) is 15.3. The maximum absolute atomic E-state index is 13.1. The van der Waals surface area contributed by atoms with Crippen LogP contribution in [0.15, 0.2) is 12.3 Å². The summed E-state index contributed by atoms with van der Waals surface area (Å²) in [5, 5.41) is 4.22. The zero-order valence-electron chi connectivity index (χ0n) is 11.5. The monoisotopic (exact) mass is 290 g/mol. The summed E-state index contributed by atoms with van der Waals surface area (Å²) in [4.78, 5) is 0. The molecule has 3 N–H and O–H groups in total. The van der Waals surface area contributed by atoms with Gasteiger partial charge >= 0.3 is 6.18 Å². The Bertz CT molecular complexity index is 429. The lowest BCUT2D eigenvalue weighted by Crippen LogP contribution is -2.49. The number of hydrogen-bond acceptors (Lipinski definition) is 3. The molecule has 7 heteroatoms. The highest BCUT2D eigenvalue weighted by Crippen LogP contribution is 2.43. The van der Waals surface area contributed by atoms with Crippen molar-refractivity contribution in [1.29, 1.82) is 0 Å². The second-order valence-electron chi connectivity index (χ2n) is 5.55. The summed E-state index contributed by atoms with van der Waals surface area (Å²) in [6, 6.07) is 1.42. The third-order valence-corrected chi connectivity index (χ3v) is 4.17. The summed E-state index contributed by atoms with van der Waals surface area (Å²) in [5.74, 6) is 3.77. The Balaban J connectivity index is 2.11. The largest absolute Gasteiger partial charge is 0.392 e. The summed E-state index contributed by atoms with van der Waals surface area (Å²) in [7, 11) is 1.79. The first-order chi connectivity index (χ1) is 9.41. The molecule has 3 unspecified atom stereocenters. The molecular weight excluding hydrogens is 269 g/mol. The molecule has 0 radical (unpaired) electrons. The highest BCUT2D eigenvalue weighted by Gasteiger charge is 2.47. The molecule has 3 atom stereocenters. The number of aryl methyl sites for hydroxylation is 1. The van der Waals surface area contributed by atoms with Crippen LogP contribution in [-0.2, 0) is 13.5 Å². The van der Waals surface area contributed by atoms with Crippen molar-refractivity contribution in [3.8, 4) is 0 Å². The van der Waals surface area contributed by atoms with E-state index in [4.69, 9.17) is 5.84 Å². The van der Waals surface area contributed by atoms with Crippen molar-refractivity contribution in [2.24, 2.45) is 24.7 Å². The van der Waals surface area contributed by atoms with Crippen LogP contribution in [0.5, 0.6) is 0 Å². The molecule has 1 saturated carbocycles. The van der Waals surface area contributed by atoms with Gasteiger partial charge in [-0.25, -0.2) is 0 Å². The molecule has 1 fully saturated rings. The molecule has 0 bridgehead atoms. The van der Waals surface area contributed by atoms with Crippen LogP contribution in [0.3, 0.4) is 0 Å². The minimum atomic E-state index is -4.15. The first-order valence-corrected chi connectivity index (χ1v) is 6.93. The van der Waals surface area contributed by atoms with Crippen molar-refractivity contribution >= 4 is 0 Å². The van der Waals surface area contributed by atoms with Gasteiger partial charge in [-0.1, -0.05) is 12.8 Å². The Morgan fingerprint density at radius 3 is 2.70 bits per heavy atom. The number of aromatic nitrogens is 2. The molecule has 0 aromatic carbocycles. The minimum Gasteiger partial charge on any atom is -0.276 e. The summed E-state index contributed by atoms with van der Waals surface area (Å²) >= 11 is 0. The van der Waals surface area contributed by atoms with Gasteiger partial charge in [-0.3, -0.25) is 16.0 Å². The van der Waals surface area contributed by atoms with E-state index in [9.17, 15) is 13.2 Å². The molecule has 0 spiro atoms. The third-order valence-electron chi connectivity index (χ3n) is 4.17. The van der Waals surface area contributed by atoms with Crippen LogP contribution in [-0.4, -0.2) is 22.0 Å². The fraction of sp³-hybridized carbons (Fsp3) is 0.769. The van der Waals surface area contributed by atoms with Crippen molar-refractivity contribution in [3.05, 3.63) is 18.0 Å².